The first-order chi connectivity index (χ1) is 6.33. The molecule has 0 saturated carbocycles. The van der Waals surface area contributed by atoms with Gasteiger partial charge in [0, 0.05) is 24.9 Å². The summed E-state index contributed by atoms with van der Waals surface area (Å²) in [4.78, 5) is 8.22. The van der Waals surface area contributed by atoms with E-state index in [1.165, 1.54) is 0 Å². The summed E-state index contributed by atoms with van der Waals surface area (Å²) in [6.07, 6.45) is 2.57. The van der Waals surface area contributed by atoms with Crippen molar-refractivity contribution in [3.8, 4) is 0 Å². The summed E-state index contributed by atoms with van der Waals surface area (Å²) in [5, 5.41) is 0. The average molecular weight is 198 g/mol. The highest BCUT2D eigenvalue weighted by Crippen LogP contribution is 1.94. The summed E-state index contributed by atoms with van der Waals surface area (Å²) < 4.78 is 0. The van der Waals surface area contributed by atoms with Gasteiger partial charge in [0.05, 0.1) is 5.88 Å². The first-order valence-electron chi connectivity index (χ1n) is 4.07. The highest BCUT2D eigenvalue weighted by molar-refractivity contribution is 6.27. The molecule has 70 valence electrons. The lowest BCUT2D eigenvalue weighted by Crippen LogP contribution is -2.14. The molecule has 0 atom stereocenters. The summed E-state index contributed by atoms with van der Waals surface area (Å²) in [5.41, 5.74) is 6.46. The molecule has 1 aromatic rings. The normalized spacial score (nSPS) is 11.6. The highest BCUT2D eigenvalue weighted by Gasteiger charge is 1.92. The number of aromatic nitrogens is 1. The molecule has 0 amide bonds. The number of hydrogen-bond acceptors (Lipinski definition) is 2. The number of amidine groups is 1. The van der Waals surface area contributed by atoms with Crippen LogP contribution < -0.4 is 5.73 Å². The predicted octanol–water partition coefficient (Wildman–Crippen LogP) is 1.22. The lowest BCUT2D eigenvalue weighted by Gasteiger charge is -1.97. The summed E-state index contributed by atoms with van der Waals surface area (Å²) in [6.45, 7) is 0.648. The molecule has 4 heteroatoms. The molecular formula is C9H12ClN3. The molecule has 0 bridgehead atoms. The molecule has 1 heterocycles. The van der Waals surface area contributed by atoms with Crippen LogP contribution >= 0.6 is 11.6 Å². The molecule has 0 saturated heterocycles. The van der Waals surface area contributed by atoms with E-state index in [9.17, 15) is 0 Å². The molecule has 0 aromatic carbocycles. The van der Waals surface area contributed by atoms with Gasteiger partial charge in [0.1, 0.15) is 5.84 Å². The SMILES string of the molecule is NC(CCl)=NCCc1ccccn1. The van der Waals surface area contributed by atoms with E-state index in [-0.39, 0.29) is 0 Å². The zero-order valence-corrected chi connectivity index (χ0v) is 8.04. The molecule has 2 N–H and O–H groups in total. The Balaban J connectivity index is 2.36. The van der Waals surface area contributed by atoms with Crippen LogP contribution in [-0.2, 0) is 6.42 Å². The second-order valence-corrected chi connectivity index (χ2v) is 2.85. The summed E-state index contributed by atoms with van der Waals surface area (Å²) in [5.74, 6) is 0.778. The number of rotatable bonds is 4. The number of halogens is 1. The van der Waals surface area contributed by atoms with Crippen LogP contribution in [0.3, 0.4) is 0 Å². The van der Waals surface area contributed by atoms with E-state index >= 15 is 0 Å². The van der Waals surface area contributed by atoms with Crippen LogP contribution in [0.1, 0.15) is 5.69 Å². The van der Waals surface area contributed by atoms with Crippen LogP contribution in [0.5, 0.6) is 0 Å². The van der Waals surface area contributed by atoms with Gasteiger partial charge in [-0.25, -0.2) is 0 Å². The Kier molecular flexibility index (Phi) is 4.26. The van der Waals surface area contributed by atoms with Crippen molar-refractivity contribution in [1.29, 1.82) is 0 Å². The molecule has 0 aliphatic heterocycles. The van der Waals surface area contributed by atoms with E-state index in [4.69, 9.17) is 17.3 Å². The number of nitrogens with two attached hydrogens (primary N) is 1. The number of aliphatic imine (C=N–C) groups is 1. The van der Waals surface area contributed by atoms with E-state index < -0.39 is 0 Å². The molecule has 3 nitrogen and oxygen atoms in total. The third kappa shape index (κ3) is 3.90. The van der Waals surface area contributed by atoms with Crippen molar-refractivity contribution >= 4 is 17.4 Å². The monoisotopic (exact) mass is 197 g/mol. The van der Waals surface area contributed by atoms with Gasteiger partial charge in [0.15, 0.2) is 0 Å². The molecule has 1 rings (SSSR count). The maximum atomic E-state index is 5.46. The maximum Gasteiger partial charge on any atom is 0.109 e. The van der Waals surface area contributed by atoms with E-state index in [0.29, 0.717) is 18.3 Å². The minimum Gasteiger partial charge on any atom is -0.386 e. The molecule has 0 spiro atoms. The maximum absolute atomic E-state index is 5.46. The molecule has 0 aliphatic carbocycles. The van der Waals surface area contributed by atoms with E-state index in [0.717, 1.165) is 12.1 Å². The molecule has 0 radical (unpaired) electrons. The van der Waals surface area contributed by atoms with Gasteiger partial charge >= 0.3 is 0 Å². The van der Waals surface area contributed by atoms with Gasteiger partial charge in [-0.2, -0.15) is 0 Å². The average Bonchev–Trinajstić information content (AvgIpc) is 2.19. The Morgan fingerprint density at radius 1 is 1.54 bits per heavy atom. The van der Waals surface area contributed by atoms with Crippen molar-refractivity contribution in [2.45, 2.75) is 6.42 Å². The zero-order chi connectivity index (χ0) is 9.52. The number of nitrogens with zero attached hydrogens (tertiary/aromatic N) is 2. The lowest BCUT2D eigenvalue weighted by molar-refractivity contribution is 0.921. The van der Waals surface area contributed by atoms with Crippen LogP contribution in [0.15, 0.2) is 29.4 Å². The van der Waals surface area contributed by atoms with Crippen molar-refractivity contribution < 1.29 is 0 Å². The lowest BCUT2D eigenvalue weighted by atomic mass is 10.3. The third-order valence-corrected chi connectivity index (χ3v) is 1.82. The number of hydrogen-bond donors (Lipinski definition) is 1. The van der Waals surface area contributed by atoms with Gasteiger partial charge in [-0.15, -0.1) is 11.6 Å². The summed E-state index contributed by atoms with van der Waals surface area (Å²) in [7, 11) is 0. The Bertz CT molecular complexity index is 271. The highest BCUT2D eigenvalue weighted by atomic mass is 35.5. The Morgan fingerprint density at radius 2 is 2.38 bits per heavy atom. The first kappa shape index (κ1) is 9.99. The van der Waals surface area contributed by atoms with E-state index in [1.807, 2.05) is 18.2 Å². The predicted molar refractivity (Wildman–Crippen MR) is 55.2 cm³/mol. The number of pyridine rings is 1. The van der Waals surface area contributed by atoms with Crippen molar-refractivity contribution in [3.63, 3.8) is 0 Å². The van der Waals surface area contributed by atoms with Crippen LogP contribution in [0.25, 0.3) is 0 Å². The fraction of sp³-hybridized carbons (Fsp3) is 0.333. The Labute approximate surface area is 82.6 Å². The first-order valence-corrected chi connectivity index (χ1v) is 4.61. The molecular weight excluding hydrogens is 186 g/mol. The Morgan fingerprint density at radius 3 is 3.00 bits per heavy atom. The topological polar surface area (TPSA) is 51.3 Å². The molecule has 1 aromatic heterocycles. The van der Waals surface area contributed by atoms with Gasteiger partial charge in [0.2, 0.25) is 0 Å². The third-order valence-electron chi connectivity index (χ3n) is 1.55. The summed E-state index contributed by atoms with van der Waals surface area (Å²) in [6, 6.07) is 5.81. The van der Waals surface area contributed by atoms with Crippen molar-refractivity contribution in [2.24, 2.45) is 10.7 Å². The van der Waals surface area contributed by atoms with Crippen LogP contribution in [0.4, 0.5) is 0 Å². The number of alkyl halides is 1. The summed E-state index contributed by atoms with van der Waals surface area (Å²) >= 11 is 5.46. The van der Waals surface area contributed by atoms with Crippen molar-refractivity contribution in [3.05, 3.63) is 30.1 Å². The largest absolute Gasteiger partial charge is 0.386 e. The van der Waals surface area contributed by atoms with E-state index in [1.54, 1.807) is 6.20 Å². The van der Waals surface area contributed by atoms with Crippen LogP contribution in [0.2, 0.25) is 0 Å². The Hall–Kier alpha value is -1.09. The van der Waals surface area contributed by atoms with Crippen LogP contribution in [-0.4, -0.2) is 23.2 Å². The van der Waals surface area contributed by atoms with Gasteiger partial charge < -0.3 is 5.73 Å². The molecule has 13 heavy (non-hydrogen) atoms. The molecule has 0 fully saturated rings. The minimum absolute atomic E-state index is 0.294. The van der Waals surface area contributed by atoms with Crippen molar-refractivity contribution in [2.75, 3.05) is 12.4 Å². The minimum atomic E-state index is 0.294. The van der Waals surface area contributed by atoms with Gasteiger partial charge in [-0.05, 0) is 12.1 Å². The second-order valence-electron chi connectivity index (χ2n) is 2.58. The quantitative estimate of drug-likeness (QED) is 0.448. The van der Waals surface area contributed by atoms with Gasteiger partial charge in [-0.3, -0.25) is 9.98 Å². The second kappa shape index (κ2) is 5.54. The van der Waals surface area contributed by atoms with Crippen molar-refractivity contribution in [1.82, 2.24) is 4.98 Å². The van der Waals surface area contributed by atoms with E-state index in [2.05, 4.69) is 9.98 Å². The van der Waals surface area contributed by atoms with Gasteiger partial charge in [-0.1, -0.05) is 6.07 Å². The van der Waals surface area contributed by atoms with Gasteiger partial charge in [0.25, 0.3) is 0 Å². The fourth-order valence-electron chi connectivity index (χ4n) is 0.902. The smallest absolute Gasteiger partial charge is 0.109 e. The zero-order valence-electron chi connectivity index (χ0n) is 7.28. The molecule has 0 unspecified atom stereocenters. The van der Waals surface area contributed by atoms with Crippen LogP contribution in [0, 0.1) is 0 Å². The fourth-order valence-corrected chi connectivity index (χ4v) is 0.987. The standard InChI is InChI=1S/C9H12ClN3/c10-7-9(11)13-6-4-8-3-1-2-5-12-8/h1-3,5H,4,6-7H2,(H2,11,13). The molecule has 0 aliphatic rings.